The van der Waals surface area contributed by atoms with Crippen LogP contribution >= 0.6 is 0 Å². The summed E-state index contributed by atoms with van der Waals surface area (Å²) in [6.45, 7) is 4.13. The minimum atomic E-state index is 0.0592. The molecule has 4 saturated carbocycles. The molecule has 1 amide bonds. The van der Waals surface area contributed by atoms with E-state index in [1.165, 1.54) is 38.5 Å². The average molecular weight is 276 g/mol. The topological polar surface area (TPSA) is 41.1 Å². The van der Waals surface area contributed by atoms with Crippen LogP contribution in [-0.4, -0.2) is 25.0 Å². The Labute approximate surface area is 122 Å². The third-order valence-electron chi connectivity index (χ3n) is 6.62. The van der Waals surface area contributed by atoms with Gasteiger partial charge in [0, 0.05) is 6.54 Å². The van der Waals surface area contributed by atoms with Crippen molar-refractivity contribution in [2.75, 3.05) is 13.1 Å². The van der Waals surface area contributed by atoms with E-state index in [0.29, 0.717) is 11.3 Å². The number of carbonyl (C=O) groups excluding carboxylic acids is 1. The molecule has 2 unspecified atom stereocenters. The van der Waals surface area contributed by atoms with Crippen molar-refractivity contribution in [3.63, 3.8) is 0 Å². The molecule has 112 valence electrons. The SMILES string of the molecule is CC1CCNC1C(=O)NCC12CC3CC(CC(C3)C1)C2. The molecule has 1 aliphatic heterocycles. The monoisotopic (exact) mass is 276 g/mol. The van der Waals surface area contributed by atoms with Gasteiger partial charge in [-0.1, -0.05) is 6.92 Å². The second kappa shape index (κ2) is 4.72. The number of nitrogens with one attached hydrogen (secondary N) is 2. The summed E-state index contributed by atoms with van der Waals surface area (Å²) in [6, 6.07) is 0.0592. The molecule has 0 aromatic rings. The Balaban J connectivity index is 1.38. The first-order chi connectivity index (χ1) is 9.63. The van der Waals surface area contributed by atoms with Crippen molar-refractivity contribution in [2.45, 2.75) is 57.9 Å². The van der Waals surface area contributed by atoms with Gasteiger partial charge in [0.25, 0.3) is 0 Å². The number of carbonyl (C=O) groups is 1. The summed E-state index contributed by atoms with van der Waals surface area (Å²) in [5.41, 5.74) is 0.465. The number of amides is 1. The first kappa shape index (κ1) is 13.1. The Bertz CT molecular complexity index is 371. The molecule has 1 heterocycles. The van der Waals surface area contributed by atoms with Crippen LogP contribution in [0.2, 0.25) is 0 Å². The lowest BCUT2D eigenvalue weighted by atomic mass is 9.49. The zero-order chi connectivity index (χ0) is 13.7. The Morgan fingerprint density at radius 1 is 1.15 bits per heavy atom. The van der Waals surface area contributed by atoms with Crippen LogP contribution in [0.5, 0.6) is 0 Å². The van der Waals surface area contributed by atoms with Gasteiger partial charge in [0.15, 0.2) is 0 Å². The van der Waals surface area contributed by atoms with E-state index in [1.807, 2.05) is 0 Å². The van der Waals surface area contributed by atoms with Crippen molar-refractivity contribution in [1.82, 2.24) is 10.6 Å². The number of hydrogen-bond donors (Lipinski definition) is 2. The fourth-order valence-corrected chi connectivity index (χ4v) is 6.08. The van der Waals surface area contributed by atoms with E-state index in [-0.39, 0.29) is 11.9 Å². The third-order valence-corrected chi connectivity index (χ3v) is 6.62. The largest absolute Gasteiger partial charge is 0.354 e. The highest BCUT2D eigenvalue weighted by Gasteiger charge is 2.50. The molecule has 5 fully saturated rings. The van der Waals surface area contributed by atoms with E-state index >= 15 is 0 Å². The van der Waals surface area contributed by atoms with Gasteiger partial charge in [-0.3, -0.25) is 4.79 Å². The smallest absolute Gasteiger partial charge is 0.237 e. The average Bonchev–Trinajstić information content (AvgIpc) is 2.81. The lowest BCUT2D eigenvalue weighted by Crippen LogP contribution is -2.53. The standard InChI is InChI=1S/C17H28N2O/c1-11-2-3-18-15(11)16(20)19-10-17-7-12-4-13(8-17)6-14(5-12)9-17/h11-15,18H,2-10H2,1H3,(H,19,20). The normalized spacial score (nSPS) is 49.5. The van der Waals surface area contributed by atoms with Crippen LogP contribution in [0.15, 0.2) is 0 Å². The Morgan fingerprint density at radius 2 is 1.75 bits per heavy atom. The Hall–Kier alpha value is -0.570. The molecular weight excluding hydrogens is 248 g/mol. The Kier molecular flexibility index (Phi) is 3.10. The first-order valence-corrected chi connectivity index (χ1v) is 8.65. The van der Waals surface area contributed by atoms with Gasteiger partial charge in [-0.05, 0) is 80.6 Å². The van der Waals surface area contributed by atoms with E-state index in [2.05, 4.69) is 17.6 Å². The van der Waals surface area contributed by atoms with Gasteiger partial charge in [0.1, 0.15) is 0 Å². The fraction of sp³-hybridized carbons (Fsp3) is 0.941. The number of rotatable bonds is 3. The molecule has 3 nitrogen and oxygen atoms in total. The Morgan fingerprint density at radius 3 is 2.25 bits per heavy atom. The zero-order valence-corrected chi connectivity index (χ0v) is 12.7. The first-order valence-electron chi connectivity index (χ1n) is 8.65. The molecular formula is C17H28N2O. The molecule has 0 radical (unpaired) electrons. The van der Waals surface area contributed by atoms with Crippen LogP contribution in [0.25, 0.3) is 0 Å². The molecule has 3 heteroatoms. The lowest BCUT2D eigenvalue weighted by molar-refractivity contribution is -0.125. The quantitative estimate of drug-likeness (QED) is 0.830. The minimum absolute atomic E-state index is 0.0592. The molecule has 2 N–H and O–H groups in total. The maximum Gasteiger partial charge on any atom is 0.237 e. The van der Waals surface area contributed by atoms with Gasteiger partial charge < -0.3 is 10.6 Å². The summed E-state index contributed by atoms with van der Waals surface area (Å²) in [5, 5.41) is 6.66. The van der Waals surface area contributed by atoms with E-state index in [1.54, 1.807) is 0 Å². The second-order valence-electron chi connectivity index (χ2n) is 8.33. The minimum Gasteiger partial charge on any atom is -0.354 e. The van der Waals surface area contributed by atoms with Crippen LogP contribution < -0.4 is 10.6 Å². The summed E-state index contributed by atoms with van der Waals surface area (Å²) < 4.78 is 0. The molecule has 0 spiro atoms. The molecule has 5 rings (SSSR count). The number of hydrogen-bond acceptors (Lipinski definition) is 2. The van der Waals surface area contributed by atoms with Gasteiger partial charge in [-0.2, -0.15) is 0 Å². The summed E-state index contributed by atoms with van der Waals surface area (Å²) >= 11 is 0. The van der Waals surface area contributed by atoms with Crippen molar-refractivity contribution in [3.05, 3.63) is 0 Å². The molecule has 0 aromatic carbocycles. The summed E-state index contributed by atoms with van der Waals surface area (Å²) in [4.78, 5) is 12.4. The van der Waals surface area contributed by atoms with Gasteiger partial charge in [-0.15, -0.1) is 0 Å². The van der Waals surface area contributed by atoms with Crippen molar-refractivity contribution < 1.29 is 4.79 Å². The van der Waals surface area contributed by atoms with Crippen LogP contribution in [0.1, 0.15) is 51.9 Å². The highest BCUT2D eigenvalue weighted by Crippen LogP contribution is 2.59. The molecule has 5 aliphatic rings. The zero-order valence-electron chi connectivity index (χ0n) is 12.7. The molecule has 2 atom stereocenters. The van der Waals surface area contributed by atoms with E-state index in [9.17, 15) is 4.79 Å². The van der Waals surface area contributed by atoms with E-state index in [0.717, 1.165) is 37.3 Å². The fourth-order valence-electron chi connectivity index (χ4n) is 6.08. The van der Waals surface area contributed by atoms with Crippen molar-refractivity contribution in [3.8, 4) is 0 Å². The van der Waals surface area contributed by atoms with Crippen molar-refractivity contribution in [2.24, 2.45) is 29.1 Å². The summed E-state index contributed by atoms with van der Waals surface area (Å²) in [6.07, 6.45) is 9.72. The second-order valence-corrected chi connectivity index (χ2v) is 8.33. The third kappa shape index (κ3) is 2.18. The molecule has 4 bridgehead atoms. The highest BCUT2D eigenvalue weighted by molar-refractivity contribution is 5.82. The lowest BCUT2D eigenvalue weighted by Gasteiger charge is -2.57. The highest BCUT2D eigenvalue weighted by atomic mass is 16.2. The van der Waals surface area contributed by atoms with E-state index < -0.39 is 0 Å². The van der Waals surface area contributed by atoms with Crippen molar-refractivity contribution in [1.29, 1.82) is 0 Å². The molecule has 4 aliphatic carbocycles. The van der Waals surface area contributed by atoms with E-state index in [4.69, 9.17) is 0 Å². The molecule has 20 heavy (non-hydrogen) atoms. The van der Waals surface area contributed by atoms with Crippen LogP contribution in [0, 0.1) is 29.1 Å². The maximum absolute atomic E-state index is 12.4. The summed E-state index contributed by atoms with van der Waals surface area (Å²) in [5.74, 6) is 3.67. The molecule has 0 aromatic heterocycles. The summed E-state index contributed by atoms with van der Waals surface area (Å²) in [7, 11) is 0. The predicted molar refractivity (Wildman–Crippen MR) is 79.2 cm³/mol. The predicted octanol–water partition coefficient (Wildman–Crippen LogP) is 2.32. The molecule has 1 saturated heterocycles. The van der Waals surface area contributed by atoms with Gasteiger partial charge in [-0.25, -0.2) is 0 Å². The van der Waals surface area contributed by atoms with Gasteiger partial charge in [0.05, 0.1) is 6.04 Å². The van der Waals surface area contributed by atoms with Gasteiger partial charge >= 0.3 is 0 Å². The van der Waals surface area contributed by atoms with Crippen LogP contribution in [0.3, 0.4) is 0 Å². The maximum atomic E-state index is 12.4. The van der Waals surface area contributed by atoms with Gasteiger partial charge in [0.2, 0.25) is 5.91 Å². The van der Waals surface area contributed by atoms with Crippen LogP contribution in [0.4, 0.5) is 0 Å². The van der Waals surface area contributed by atoms with Crippen molar-refractivity contribution >= 4 is 5.91 Å². The van der Waals surface area contributed by atoms with Crippen LogP contribution in [-0.2, 0) is 4.79 Å².